The molecule has 0 amide bonds. The van der Waals surface area contributed by atoms with Crippen molar-refractivity contribution in [2.24, 2.45) is 7.05 Å². The van der Waals surface area contributed by atoms with Crippen LogP contribution in [-0.2, 0) is 17.1 Å². The molecule has 98 valence electrons. The van der Waals surface area contributed by atoms with Gasteiger partial charge in [-0.2, -0.15) is 0 Å². The number of nitrogens with zero attached hydrogens (tertiary/aromatic N) is 3. The van der Waals surface area contributed by atoms with E-state index < -0.39 is 16.1 Å². The lowest BCUT2D eigenvalue weighted by Gasteiger charge is -2.12. The topological polar surface area (TPSA) is 103 Å². The van der Waals surface area contributed by atoms with Crippen LogP contribution >= 0.6 is 11.3 Å². The molecule has 7 nitrogen and oxygen atoms in total. The Bertz CT molecular complexity index is 645. The third kappa shape index (κ3) is 2.52. The van der Waals surface area contributed by atoms with E-state index in [2.05, 4.69) is 14.9 Å². The van der Waals surface area contributed by atoms with E-state index in [1.54, 1.807) is 23.9 Å². The van der Waals surface area contributed by atoms with Crippen molar-refractivity contribution in [3.05, 3.63) is 23.6 Å². The maximum Gasteiger partial charge on any atom is 0.250 e. The number of nitrogens with two attached hydrogens (primary N) is 1. The third-order valence-corrected chi connectivity index (χ3v) is 5.32. The molecule has 2 aromatic rings. The first-order valence-electron chi connectivity index (χ1n) is 5.10. The summed E-state index contributed by atoms with van der Waals surface area (Å²) in [6.07, 6.45) is 1.52. The summed E-state index contributed by atoms with van der Waals surface area (Å²) in [4.78, 5) is 0. The first-order valence-corrected chi connectivity index (χ1v) is 7.46. The normalized spacial score (nSPS) is 13.7. The first kappa shape index (κ1) is 13.0. The molecule has 1 unspecified atom stereocenters. The van der Waals surface area contributed by atoms with Gasteiger partial charge in [0.05, 0.1) is 6.04 Å². The number of hydrogen-bond donors (Lipinski definition) is 2. The molecule has 0 bridgehead atoms. The van der Waals surface area contributed by atoms with Crippen molar-refractivity contribution in [1.29, 1.82) is 0 Å². The summed E-state index contributed by atoms with van der Waals surface area (Å²) in [5.41, 5.74) is 5.95. The van der Waals surface area contributed by atoms with E-state index in [9.17, 15) is 8.42 Å². The summed E-state index contributed by atoms with van der Waals surface area (Å²) in [5, 5.41) is 9.16. The fraction of sp³-hybridized carbons (Fsp3) is 0.333. The molecule has 3 N–H and O–H groups in total. The van der Waals surface area contributed by atoms with Gasteiger partial charge in [0.2, 0.25) is 0 Å². The maximum atomic E-state index is 12.0. The fourth-order valence-corrected chi connectivity index (χ4v) is 3.80. The summed E-state index contributed by atoms with van der Waals surface area (Å²) in [6, 6.07) is 0.960. The van der Waals surface area contributed by atoms with E-state index in [1.807, 2.05) is 0 Å². The Hall–Kier alpha value is -1.45. The van der Waals surface area contributed by atoms with Crippen molar-refractivity contribution in [1.82, 2.24) is 19.5 Å². The van der Waals surface area contributed by atoms with Gasteiger partial charge in [0.25, 0.3) is 10.0 Å². The smallest absolute Gasteiger partial charge is 0.250 e. The number of nitrogen functional groups attached to an aromatic ring is 1. The SMILES string of the molecule is CC(NS(=O)(=O)c1cc(N)cs1)c1nncn1C. The molecule has 9 heteroatoms. The van der Waals surface area contributed by atoms with Crippen molar-refractivity contribution in [3.8, 4) is 0 Å². The number of rotatable bonds is 4. The molecule has 0 spiro atoms. The molecule has 0 aliphatic rings. The van der Waals surface area contributed by atoms with Gasteiger partial charge in [-0.25, -0.2) is 13.1 Å². The van der Waals surface area contributed by atoms with Crippen LogP contribution in [0.5, 0.6) is 0 Å². The van der Waals surface area contributed by atoms with Gasteiger partial charge in [-0.1, -0.05) is 0 Å². The second kappa shape index (κ2) is 4.67. The van der Waals surface area contributed by atoms with E-state index in [4.69, 9.17) is 5.73 Å². The average Bonchev–Trinajstić information content (AvgIpc) is 2.86. The highest BCUT2D eigenvalue weighted by Crippen LogP contribution is 2.23. The minimum Gasteiger partial charge on any atom is -0.398 e. The standard InChI is InChI=1S/C9H13N5O2S2/c1-6(9-12-11-5-14(9)2)13-18(15,16)8-3-7(10)4-17-8/h3-6,13H,10H2,1-2H3. The van der Waals surface area contributed by atoms with Crippen LogP contribution in [0.4, 0.5) is 5.69 Å². The van der Waals surface area contributed by atoms with Gasteiger partial charge in [0.1, 0.15) is 16.4 Å². The minimum atomic E-state index is -3.57. The molecule has 0 radical (unpaired) electrons. The predicted molar refractivity (Wildman–Crippen MR) is 68.5 cm³/mol. The largest absolute Gasteiger partial charge is 0.398 e. The van der Waals surface area contributed by atoms with Gasteiger partial charge in [0, 0.05) is 18.1 Å². The lowest BCUT2D eigenvalue weighted by molar-refractivity contribution is 0.555. The van der Waals surface area contributed by atoms with E-state index >= 15 is 0 Å². The molecule has 2 aromatic heterocycles. The van der Waals surface area contributed by atoms with Crippen LogP contribution < -0.4 is 10.5 Å². The number of thiophene rings is 1. The van der Waals surface area contributed by atoms with Crippen LogP contribution in [0.2, 0.25) is 0 Å². The summed E-state index contributed by atoms with van der Waals surface area (Å²) in [5.74, 6) is 0.545. The van der Waals surface area contributed by atoms with Crippen LogP contribution in [-0.4, -0.2) is 23.2 Å². The van der Waals surface area contributed by atoms with Gasteiger partial charge in [-0.15, -0.1) is 21.5 Å². The summed E-state index contributed by atoms with van der Waals surface area (Å²) < 4.78 is 28.5. The molecular weight excluding hydrogens is 274 g/mol. The van der Waals surface area contributed by atoms with E-state index in [-0.39, 0.29) is 4.21 Å². The second-order valence-corrected chi connectivity index (χ2v) is 6.69. The minimum absolute atomic E-state index is 0.189. The number of aromatic nitrogens is 3. The number of anilines is 1. The molecule has 0 aliphatic heterocycles. The van der Waals surface area contributed by atoms with Gasteiger partial charge < -0.3 is 10.3 Å². The highest BCUT2D eigenvalue weighted by molar-refractivity contribution is 7.91. The van der Waals surface area contributed by atoms with Crippen LogP contribution in [0.15, 0.2) is 22.0 Å². The molecule has 2 rings (SSSR count). The Kier molecular flexibility index (Phi) is 3.37. The quantitative estimate of drug-likeness (QED) is 0.852. The Morgan fingerprint density at radius 3 is 2.78 bits per heavy atom. The van der Waals surface area contributed by atoms with Crippen molar-refractivity contribution in [2.75, 3.05) is 5.73 Å². The zero-order valence-electron chi connectivity index (χ0n) is 9.86. The fourth-order valence-electron chi connectivity index (χ4n) is 1.50. The monoisotopic (exact) mass is 287 g/mol. The second-order valence-electron chi connectivity index (χ2n) is 3.84. The van der Waals surface area contributed by atoms with Gasteiger partial charge in [-0.05, 0) is 13.0 Å². The van der Waals surface area contributed by atoms with Gasteiger partial charge >= 0.3 is 0 Å². The first-order chi connectivity index (χ1) is 8.40. The maximum absolute atomic E-state index is 12.0. The Morgan fingerprint density at radius 1 is 1.56 bits per heavy atom. The Balaban J connectivity index is 2.21. The van der Waals surface area contributed by atoms with Crippen LogP contribution in [0.1, 0.15) is 18.8 Å². The lowest BCUT2D eigenvalue weighted by Crippen LogP contribution is -2.28. The Morgan fingerprint density at radius 2 is 2.28 bits per heavy atom. The molecule has 0 saturated heterocycles. The molecule has 18 heavy (non-hydrogen) atoms. The zero-order chi connectivity index (χ0) is 13.3. The van der Waals surface area contributed by atoms with Crippen molar-refractivity contribution >= 4 is 27.0 Å². The summed E-state index contributed by atoms with van der Waals surface area (Å²) in [7, 11) is -1.82. The highest BCUT2D eigenvalue weighted by atomic mass is 32.2. The van der Waals surface area contributed by atoms with Crippen molar-refractivity contribution in [3.63, 3.8) is 0 Å². The van der Waals surface area contributed by atoms with Crippen molar-refractivity contribution in [2.45, 2.75) is 17.2 Å². The summed E-state index contributed by atoms with van der Waals surface area (Å²) in [6.45, 7) is 1.71. The number of aryl methyl sites for hydroxylation is 1. The van der Waals surface area contributed by atoms with E-state index in [1.165, 1.54) is 12.4 Å². The van der Waals surface area contributed by atoms with Gasteiger partial charge in [0.15, 0.2) is 0 Å². The van der Waals surface area contributed by atoms with E-state index in [0.29, 0.717) is 11.5 Å². The summed E-state index contributed by atoms with van der Waals surface area (Å²) >= 11 is 1.08. The molecular formula is C9H13N5O2S2. The average molecular weight is 287 g/mol. The van der Waals surface area contributed by atoms with Crippen LogP contribution in [0, 0.1) is 0 Å². The molecule has 0 aromatic carbocycles. The van der Waals surface area contributed by atoms with Crippen LogP contribution in [0.25, 0.3) is 0 Å². The number of sulfonamides is 1. The third-order valence-electron chi connectivity index (χ3n) is 2.33. The molecule has 0 fully saturated rings. The number of nitrogens with one attached hydrogen (secondary N) is 1. The molecule has 0 aliphatic carbocycles. The van der Waals surface area contributed by atoms with Crippen LogP contribution in [0.3, 0.4) is 0 Å². The molecule has 2 heterocycles. The van der Waals surface area contributed by atoms with Gasteiger partial charge in [-0.3, -0.25) is 0 Å². The van der Waals surface area contributed by atoms with E-state index in [0.717, 1.165) is 11.3 Å². The highest BCUT2D eigenvalue weighted by Gasteiger charge is 2.22. The molecule has 0 saturated carbocycles. The lowest BCUT2D eigenvalue weighted by atomic mass is 10.3. The predicted octanol–water partition coefficient (Wildman–Crippen LogP) is 0.498. The van der Waals surface area contributed by atoms with Crippen molar-refractivity contribution < 1.29 is 8.42 Å². The number of hydrogen-bond acceptors (Lipinski definition) is 6. The molecule has 1 atom stereocenters. The zero-order valence-corrected chi connectivity index (χ0v) is 11.5. The Labute approximate surface area is 109 Å².